The van der Waals surface area contributed by atoms with Gasteiger partial charge in [0, 0.05) is 7.05 Å². The predicted octanol–water partition coefficient (Wildman–Crippen LogP) is 1.76. The first-order valence-electron chi connectivity index (χ1n) is 8.16. The Hall–Kier alpha value is -2.86. The summed E-state index contributed by atoms with van der Waals surface area (Å²) in [6.07, 6.45) is 1.41. The molecule has 1 atom stereocenters. The van der Waals surface area contributed by atoms with Crippen LogP contribution in [0.3, 0.4) is 0 Å². The van der Waals surface area contributed by atoms with Crippen LogP contribution in [0.4, 0.5) is 0 Å². The van der Waals surface area contributed by atoms with Gasteiger partial charge in [0.05, 0.1) is 30.3 Å². The molecule has 1 amide bonds. The van der Waals surface area contributed by atoms with E-state index >= 15 is 0 Å². The van der Waals surface area contributed by atoms with Gasteiger partial charge in [0.2, 0.25) is 5.91 Å². The molecule has 3 rings (SSSR count). The van der Waals surface area contributed by atoms with Crippen LogP contribution in [-0.2, 0) is 17.8 Å². The summed E-state index contributed by atoms with van der Waals surface area (Å²) in [5, 5.41) is 12.8. The topological polar surface area (TPSA) is 76.4 Å². The SMILES string of the molecule is CNC(=O)Cc1ccc(OCC(O)Cn2cnc3ccccc32)cc1. The Bertz CT molecular complexity index is 843. The van der Waals surface area contributed by atoms with Crippen LogP contribution in [0.1, 0.15) is 5.56 Å². The summed E-state index contributed by atoms with van der Waals surface area (Å²) in [4.78, 5) is 15.7. The van der Waals surface area contributed by atoms with E-state index in [-0.39, 0.29) is 12.5 Å². The lowest BCUT2D eigenvalue weighted by atomic mass is 10.1. The molecule has 0 aliphatic carbocycles. The van der Waals surface area contributed by atoms with Gasteiger partial charge in [0.15, 0.2) is 0 Å². The summed E-state index contributed by atoms with van der Waals surface area (Å²) >= 11 is 0. The predicted molar refractivity (Wildman–Crippen MR) is 95.4 cm³/mol. The zero-order chi connectivity index (χ0) is 17.6. The first-order valence-corrected chi connectivity index (χ1v) is 8.16. The maximum absolute atomic E-state index is 11.3. The number of nitrogens with one attached hydrogen (secondary N) is 1. The van der Waals surface area contributed by atoms with Gasteiger partial charge in [-0.3, -0.25) is 4.79 Å². The molecule has 1 unspecified atom stereocenters. The zero-order valence-corrected chi connectivity index (χ0v) is 14.1. The summed E-state index contributed by atoms with van der Waals surface area (Å²) in [7, 11) is 1.62. The Morgan fingerprint density at radius 1 is 1.24 bits per heavy atom. The van der Waals surface area contributed by atoms with E-state index in [2.05, 4.69) is 10.3 Å². The Morgan fingerprint density at radius 3 is 2.76 bits per heavy atom. The summed E-state index contributed by atoms with van der Waals surface area (Å²) < 4.78 is 7.54. The molecule has 0 aliphatic rings. The lowest BCUT2D eigenvalue weighted by molar-refractivity contribution is -0.119. The number of ether oxygens (including phenoxy) is 1. The molecule has 130 valence electrons. The standard InChI is InChI=1S/C19H21N3O3/c1-20-19(24)10-14-6-8-16(9-7-14)25-12-15(23)11-22-13-21-17-4-2-3-5-18(17)22/h2-9,13,15,23H,10-12H2,1H3,(H,20,24). The van der Waals surface area contributed by atoms with Crippen molar-refractivity contribution in [3.63, 3.8) is 0 Å². The van der Waals surface area contributed by atoms with Crippen LogP contribution in [-0.4, -0.2) is 40.3 Å². The van der Waals surface area contributed by atoms with Gasteiger partial charge < -0.3 is 19.7 Å². The lowest BCUT2D eigenvalue weighted by Crippen LogP contribution is -2.23. The van der Waals surface area contributed by atoms with Crippen molar-refractivity contribution in [3.8, 4) is 5.75 Å². The average molecular weight is 339 g/mol. The fraction of sp³-hybridized carbons (Fsp3) is 0.263. The number of imidazole rings is 1. The fourth-order valence-electron chi connectivity index (χ4n) is 2.61. The highest BCUT2D eigenvalue weighted by Crippen LogP contribution is 2.15. The molecule has 0 radical (unpaired) electrons. The number of benzene rings is 2. The molecule has 1 aromatic heterocycles. The number of fused-ring (bicyclic) bond motifs is 1. The van der Waals surface area contributed by atoms with Gasteiger partial charge in [0.25, 0.3) is 0 Å². The quantitative estimate of drug-likeness (QED) is 0.688. The summed E-state index contributed by atoms with van der Waals surface area (Å²) in [5.74, 6) is 0.631. The second-order valence-electron chi connectivity index (χ2n) is 5.84. The number of aromatic nitrogens is 2. The van der Waals surface area contributed by atoms with Crippen LogP contribution < -0.4 is 10.1 Å². The van der Waals surface area contributed by atoms with E-state index in [1.54, 1.807) is 25.5 Å². The summed E-state index contributed by atoms with van der Waals surface area (Å²) in [6, 6.07) is 15.1. The number of nitrogens with zero attached hydrogens (tertiary/aromatic N) is 2. The number of aliphatic hydroxyl groups excluding tert-OH is 1. The maximum Gasteiger partial charge on any atom is 0.224 e. The zero-order valence-electron chi connectivity index (χ0n) is 14.1. The molecule has 6 heteroatoms. The Balaban J connectivity index is 1.53. The molecule has 0 saturated heterocycles. The molecule has 0 saturated carbocycles. The molecule has 0 bridgehead atoms. The van der Waals surface area contributed by atoms with Gasteiger partial charge in [-0.05, 0) is 29.8 Å². The Kier molecular flexibility index (Phi) is 5.30. The van der Waals surface area contributed by atoms with Crippen molar-refractivity contribution < 1.29 is 14.6 Å². The molecule has 0 aliphatic heterocycles. The van der Waals surface area contributed by atoms with Crippen LogP contribution in [0.25, 0.3) is 11.0 Å². The highest BCUT2D eigenvalue weighted by molar-refractivity contribution is 5.78. The largest absolute Gasteiger partial charge is 0.491 e. The third-order valence-electron chi connectivity index (χ3n) is 3.94. The van der Waals surface area contributed by atoms with Crippen molar-refractivity contribution >= 4 is 16.9 Å². The number of likely N-dealkylation sites (N-methyl/N-ethyl adjacent to an activating group) is 1. The van der Waals surface area contributed by atoms with Crippen LogP contribution in [0.15, 0.2) is 54.9 Å². The highest BCUT2D eigenvalue weighted by atomic mass is 16.5. The van der Waals surface area contributed by atoms with Crippen molar-refractivity contribution in [2.24, 2.45) is 0 Å². The second-order valence-corrected chi connectivity index (χ2v) is 5.84. The molecule has 1 heterocycles. The number of rotatable bonds is 7. The van der Waals surface area contributed by atoms with Gasteiger partial charge in [-0.15, -0.1) is 0 Å². The molecule has 25 heavy (non-hydrogen) atoms. The van der Waals surface area contributed by atoms with Gasteiger partial charge >= 0.3 is 0 Å². The van der Waals surface area contributed by atoms with Crippen molar-refractivity contribution in [2.45, 2.75) is 19.1 Å². The monoisotopic (exact) mass is 339 g/mol. The minimum atomic E-state index is -0.650. The van der Waals surface area contributed by atoms with Gasteiger partial charge in [0.1, 0.15) is 18.5 Å². The van der Waals surface area contributed by atoms with Crippen molar-refractivity contribution in [1.82, 2.24) is 14.9 Å². The average Bonchev–Trinajstić information content (AvgIpc) is 3.04. The highest BCUT2D eigenvalue weighted by Gasteiger charge is 2.09. The van der Waals surface area contributed by atoms with E-state index in [0.717, 1.165) is 16.6 Å². The number of carbonyl (C=O) groups is 1. The van der Waals surface area contributed by atoms with Gasteiger partial charge in [-0.25, -0.2) is 4.98 Å². The first-order chi connectivity index (χ1) is 12.2. The van der Waals surface area contributed by atoms with Gasteiger partial charge in [-0.2, -0.15) is 0 Å². The Labute approximate surface area is 146 Å². The van der Waals surface area contributed by atoms with Gasteiger partial charge in [-0.1, -0.05) is 24.3 Å². The van der Waals surface area contributed by atoms with Crippen molar-refractivity contribution in [3.05, 3.63) is 60.4 Å². The van der Waals surface area contributed by atoms with E-state index in [1.165, 1.54) is 0 Å². The number of amides is 1. The maximum atomic E-state index is 11.3. The molecule has 2 N–H and O–H groups in total. The smallest absolute Gasteiger partial charge is 0.224 e. The second kappa shape index (κ2) is 7.81. The van der Waals surface area contributed by atoms with Crippen molar-refractivity contribution in [1.29, 1.82) is 0 Å². The first kappa shape index (κ1) is 17.0. The van der Waals surface area contributed by atoms with Crippen LogP contribution in [0.5, 0.6) is 5.75 Å². The normalized spacial score (nSPS) is 12.1. The molecule has 2 aromatic carbocycles. The number of carbonyl (C=O) groups excluding carboxylic acids is 1. The van der Waals surface area contributed by atoms with E-state index in [1.807, 2.05) is 41.0 Å². The molecular weight excluding hydrogens is 318 g/mol. The molecule has 0 spiro atoms. The lowest BCUT2D eigenvalue weighted by Gasteiger charge is -2.14. The minimum absolute atomic E-state index is 0.0309. The van der Waals surface area contributed by atoms with Crippen LogP contribution in [0.2, 0.25) is 0 Å². The third kappa shape index (κ3) is 4.36. The fourth-order valence-corrected chi connectivity index (χ4v) is 2.61. The number of aliphatic hydroxyl groups is 1. The van der Waals surface area contributed by atoms with Crippen molar-refractivity contribution in [2.75, 3.05) is 13.7 Å². The minimum Gasteiger partial charge on any atom is -0.491 e. The number of hydrogen-bond donors (Lipinski definition) is 2. The van der Waals surface area contributed by atoms with E-state index in [4.69, 9.17) is 4.74 Å². The van der Waals surface area contributed by atoms with E-state index < -0.39 is 6.10 Å². The van der Waals surface area contributed by atoms with E-state index in [0.29, 0.717) is 18.7 Å². The summed E-state index contributed by atoms with van der Waals surface area (Å²) in [5.41, 5.74) is 2.81. The molecule has 0 fully saturated rings. The molecular formula is C19H21N3O3. The van der Waals surface area contributed by atoms with E-state index in [9.17, 15) is 9.90 Å². The third-order valence-corrected chi connectivity index (χ3v) is 3.94. The molecule has 6 nitrogen and oxygen atoms in total. The Morgan fingerprint density at radius 2 is 2.00 bits per heavy atom. The summed E-state index contributed by atoms with van der Waals surface area (Å²) in [6.45, 7) is 0.594. The molecule has 3 aromatic rings. The van der Waals surface area contributed by atoms with Crippen LogP contribution >= 0.6 is 0 Å². The number of hydrogen-bond acceptors (Lipinski definition) is 4. The van der Waals surface area contributed by atoms with Crippen LogP contribution in [0, 0.1) is 0 Å². The number of para-hydroxylation sites is 2.